The number of nitriles is 1. The number of carbonyl (C=O) groups excluding carboxylic acids is 1. The van der Waals surface area contributed by atoms with Crippen molar-refractivity contribution in [3.05, 3.63) is 34.2 Å². The Morgan fingerprint density at radius 2 is 2.22 bits per heavy atom. The van der Waals surface area contributed by atoms with Gasteiger partial charge in [0, 0.05) is 19.2 Å². The summed E-state index contributed by atoms with van der Waals surface area (Å²) in [6, 6.07) is 6.50. The molecule has 0 aromatic carbocycles. The van der Waals surface area contributed by atoms with Crippen molar-refractivity contribution in [3.63, 3.8) is 0 Å². The number of H-pyrrole nitrogens is 1. The van der Waals surface area contributed by atoms with Gasteiger partial charge in [-0.15, -0.1) is 0 Å². The summed E-state index contributed by atoms with van der Waals surface area (Å²) in [6.45, 7) is 4.95. The number of hydrogen-bond donors (Lipinski definition) is 1. The van der Waals surface area contributed by atoms with Gasteiger partial charge < -0.3 is 9.88 Å². The van der Waals surface area contributed by atoms with E-state index in [0.29, 0.717) is 19.0 Å². The van der Waals surface area contributed by atoms with Gasteiger partial charge in [-0.25, -0.2) is 0 Å². The zero-order chi connectivity index (χ0) is 13.5. The van der Waals surface area contributed by atoms with E-state index in [1.165, 1.54) is 6.07 Å². The van der Waals surface area contributed by atoms with Gasteiger partial charge in [0.2, 0.25) is 5.56 Å². The van der Waals surface area contributed by atoms with Crippen LogP contribution in [0.2, 0.25) is 0 Å². The molecule has 1 aromatic heterocycles. The standard InChI is InChI=1S/C13H17N3O2/c1-10(2)9-16(8-4-7-14)13(18)11-5-3-6-12(17)15-11/h3,5-6,10H,4,8-9H2,1-2H3,(H,15,17). The molecule has 0 fully saturated rings. The fourth-order valence-corrected chi connectivity index (χ4v) is 1.64. The lowest BCUT2D eigenvalue weighted by Gasteiger charge is -2.23. The molecule has 1 heterocycles. The predicted molar refractivity (Wildman–Crippen MR) is 68.0 cm³/mol. The number of aromatic nitrogens is 1. The van der Waals surface area contributed by atoms with Crippen molar-refractivity contribution in [2.24, 2.45) is 5.92 Å². The molecule has 0 aliphatic rings. The highest BCUT2D eigenvalue weighted by Gasteiger charge is 2.17. The first-order chi connectivity index (χ1) is 8.54. The largest absolute Gasteiger partial charge is 0.336 e. The molecule has 1 aromatic rings. The van der Waals surface area contributed by atoms with Crippen molar-refractivity contribution in [2.75, 3.05) is 13.1 Å². The Labute approximate surface area is 106 Å². The first kappa shape index (κ1) is 14.0. The van der Waals surface area contributed by atoms with E-state index in [0.717, 1.165) is 0 Å². The molecule has 0 aliphatic heterocycles. The fraction of sp³-hybridized carbons (Fsp3) is 0.462. The van der Waals surface area contributed by atoms with Gasteiger partial charge in [-0.3, -0.25) is 9.59 Å². The van der Waals surface area contributed by atoms with Crippen LogP contribution in [0.25, 0.3) is 0 Å². The van der Waals surface area contributed by atoms with Crippen LogP contribution >= 0.6 is 0 Å². The Bertz CT molecular complexity index is 499. The number of hydrogen-bond acceptors (Lipinski definition) is 3. The maximum absolute atomic E-state index is 12.2. The van der Waals surface area contributed by atoms with Gasteiger partial charge in [0.25, 0.3) is 5.91 Å². The fourth-order valence-electron chi connectivity index (χ4n) is 1.64. The average molecular weight is 247 g/mol. The Hall–Kier alpha value is -2.09. The highest BCUT2D eigenvalue weighted by Crippen LogP contribution is 2.05. The van der Waals surface area contributed by atoms with Crippen LogP contribution in [0.3, 0.4) is 0 Å². The van der Waals surface area contributed by atoms with Crippen LogP contribution < -0.4 is 5.56 Å². The van der Waals surface area contributed by atoms with Crippen molar-refractivity contribution in [1.82, 2.24) is 9.88 Å². The first-order valence-electron chi connectivity index (χ1n) is 5.90. The van der Waals surface area contributed by atoms with Crippen molar-refractivity contribution >= 4 is 5.91 Å². The van der Waals surface area contributed by atoms with E-state index >= 15 is 0 Å². The number of nitrogens with zero attached hydrogens (tertiary/aromatic N) is 2. The molecule has 0 unspecified atom stereocenters. The second-order valence-corrected chi connectivity index (χ2v) is 4.48. The Morgan fingerprint density at radius 3 is 2.78 bits per heavy atom. The molecular weight excluding hydrogens is 230 g/mol. The second kappa shape index (κ2) is 6.60. The van der Waals surface area contributed by atoms with Crippen LogP contribution in [0.1, 0.15) is 30.8 Å². The van der Waals surface area contributed by atoms with Gasteiger partial charge in [-0.1, -0.05) is 19.9 Å². The van der Waals surface area contributed by atoms with E-state index in [1.54, 1.807) is 17.0 Å². The summed E-state index contributed by atoms with van der Waals surface area (Å²) in [5.41, 5.74) is -0.0354. The third-order valence-electron chi connectivity index (χ3n) is 2.37. The summed E-state index contributed by atoms with van der Waals surface area (Å²) in [7, 11) is 0. The molecule has 0 radical (unpaired) electrons. The molecule has 0 aliphatic carbocycles. The van der Waals surface area contributed by atoms with E-state index in [9.17, 15) is 9.59 Å². The molecule has 0 saturated heterocycles. The second-order valence-electron chi connectivity index (χ2n) is 4.48. The van der Waals surface area contributed by atoms with Crippen LogP contribution in [0, 0.1) is 17.2 Å². The van der Waals surface area contributed by atoms with Crippen LogP contribution in [0.15, 0.2) is 23.0 Å². The Morgan fingerprint density at radius 1 is 1.50 bits per heavy atom. The van der Waals surface area contributed by atoms with Gasteiger partial charge in [-0.05, 0) is 12.0 Å². The predicted octanol–water partition coefficient (Wildman–Crippen LogP) is 1.39. The third kappa shape index (κ3) is 4.06. The van der Waals surface area contributed by atoms with Crippen LogP contribution in [-0.2, 0) is 0 Å². The minimum absolute atomic E-state index is 0.239. The van der Waals surface area contributed by atoms with Gasteiger partial charge in [-0.2, -0.15) is 5.26 Å². The Balaban J connectivity index is 2.87. The summed E-state index contributed by atoms with van der Waals surface area (Å²) >= 11 is 0. The lowest BCUT2D eigenvalue weighted by Crippen LogP contribution is -2.36. The smallest absolute Gasteiger partial charge is 0.270 e. The molecule has 1 amide bonds. The summed E-state index contributed by atoms with van der Waals surface area (Å²) in [5, 5.41) is 8.60. The SMILES string of the molecule is CC(C)CN(CCC#N)C(=O)c1cccc(=O)[nH]1. The zero-order valence-corrected chi connectivity index (χ0v) is 10.6. The third-order valence-corrected chi connectivity index (χ3v) is 2.37. The van der Waals surface area contributed by atoms with Crippen LogP contribution in [0.4, 0.5) is 0 Å². The first-order valence-corrected chi connectivity index (χ1v) is 5.90. The van der Waals surface area contributed by atoms with Crippen molar-refractivity contribution < 1.29 is 4.79 Å². The maximum atomic E-state index is 12.2. The van der Waals surface area contributed by atoms with Gasteiger partial charge in [0.1, 0.15) is 5.69 Å². The molecule has 5 nitrogen and oxygen atoms in total. The normalized spacial score (nSPS) is 10.1. The molecular formula is C13H17N3O2. The molecule has 96 valence electrons. The van der Waals surface area contributed by atoms with E-state index in [4.69, 9.17) is 5.26 Å². The monoisotopic (exact) mass is 247 g/mol. The number of nitrogens with one attached hydrogen (secondary N) is 1. The van der Waals surface area contributed by atoms with Gasteiger partial charge in [0.15, 0.2) is 0 Å². The molecule has 5 heteroatoms. The van der Waals surface area contributed by atoms with Crippen molar-refractivity contribution in [2.45, 2.75) is 20.3 Å². The number of rotatable bonds is 5. The topological polar surface area (TPSA) is 77.0 Å². The van der Waals surface area contributed by atoms with Crippen molar-refractivity contribution in [1.29, 1.82) is 5.26 Å². The van der Waals surface area contributed by atoms with E-state index in [1.807, 2.05) is 19.9 Å². The average Bonchev–Trinajstić information content (AvgIpc) is 2.33. The number of pyridine rings is 1. The molecule has 1 rings (SSSR count). The zero-order valence-electron chi connectivity index (χ0n) is 10.6. The van der Waals surface area contributed by atoms with Crippen LogP contribution in [-0.4, -0.2) is 28.9 Å². The molecule has 0 bridgehead atoms. The quantitative estimate of drug-likeness (QED) is 0.854. The van der Waals surface area contributed by atoms with Crippen molar-refractivity contribution in [3.8, 4) is 6.07 Å². The summed E-state index contributed by atoms with van der Waals surface area (Å²) in [6.07, 6.45) is 0.287. The summed E-state index contributed by atoms with van der Waals surface area (Å²) in [5.74, 6) is 0.0692. The lowest BCUT2D eigenvalue weighted by molar-refractivity contribution is 0.0733. The van der Waals surface area contributed by atoms with E-state index < -0.39 is 0 Å². The molecule has 0 spiro atoms. The Kier molecular flexibility index (Phi) is 5.12. The van der Waals surface area contributed by atoms with Gasteiger partial charge in [0.05, 0.1) is 12.5 Å². The lowest BCUT2D eigenvalue weighted by atomic mass is 10.2. The maximum Gasteiger partial charge on any atom is 0.270 e. The minimum atomic E-state index is -0.300. The number of aromatic amines is 1. The van der Waals surface area contributed by atoms with Gasteiger partial charge >= 0.3 is 0 Å². The van der Waals surface area contributed by atoms with E-state index in [2.05, 4.69) is 4.98 Å². The van der Waals surface area contributed by atoms with E-state index in [-0.39, 0.29) is 23.6 Å². The minimum Gasteiger partial charge on any atom is -0.336 e. The molecule has 0 atom stereocenters. The summed E-state index contributed by atoms with van der Waals surface area (Å²) in [4.78, 5) is 27.5. The molecule has 0 saturated carbocycles. The molecule has 1 N–H and O–H groups in total. The highest BCUT2D eigenvalue weighted by molar-refractivity contribution is 5.92. The number of amides is 1. The number of carbonyl (C=O) groups is 1. The summed E-state index contributed by atoms with van der Waals surface area (Å²) < 4.78 is 0. The van der Waals surface area contributed by atoms with Crippen LogP contribution in [0.5, 0.6) is 0 Å². The highest BCUT2D eigenvalue weighted by atomic mass is 16.2. The molecule has 18 heavy (non-hydrogen) atoms.